The number of piperidine rings is 1. The van der Waals surface area contributed by atoms with E-state index in [9.17, 15) is 13.2 Å². The molecule has 0 radical (unpaired) electrons. The summed E-state index contributed by atoms with van der Waals surface area (Å²) >= 11 is 0. The predicted molar refractivity (Wildman–Crippen MR) is 110 cm³/mol. The van der Waals surface area contributed by atoms with Gasteiger partial charge in [0.1, 0.15) is 5.82 Å². The zero-order valence-electron chi connectivity index (χ0n) is 16.7. The second-order valence-corrected chi connectivity index (χ2v) is 9.11. The summed E-state index contributed by atoms with van der Waals surface area (Å²) in [6.45, 7) is 4.40. The number of anilines is 1. The third-order valence-corrected chi connectivity index (χ3v) is 6.07. The van der Waals surface area contributed by atoms with E-state index in [4.69, 9.17) is 4.74 Å². The van der Waals surface area contributed by atoms with Crippen molar-refractivity contribution in [3.8, 4) is 11.3 Å². The van der Waals surface area contributed by atoms with Gasteiger partial charge >= 0.3 is 6.09 Å². The monoisotopic (exact) mass is 418 g/mol. The molecule has 1 aliphatic heterocycles. The number of hydrogen-bond acceptors (Lipinski definition) is 7. The van der Waals surface area contributed by atoms with Crippen LogP contribution in [0.3, 0.4) is 0 Å². The maximum atomic E-state index is 11.7. The Kier molecular flexibility index (Phi) is 6.68. The molecular weight excluding hydrogens is 392 g/mol. The maximum absolute atomic E-state index is 11.7. The first kappa shape index (κ1) is 21.0. The fourth-order valence-corrected chi connectivity index (χ4v) is 3.86. The van der Waals surface area contributed by atoms with Crippen molar-refractivity contribution in [1.29, 1.82) is 0 Å². The highest BCUT2D eigenvalue weighted by Crippen LogP contribution is 2.21. The Morgan fingerprint density at radius 1 is 1.17 bits per heavy atom. The Hall–Kier alpha value is -2.68. The average molecular weight is 419 g/mol. The number of hydrogen-bond donors (Lipinski definition) is 1. The number of amides is 1. The van der Waals surface area contributed by atoms with Crippen LogP contribution in [-0.4, -0.2) is 61.9 Å². The minimum absolute atomic E-state index is 0.232. The zero-order valence-corrected chi connectivity index (χ0v) is 17.5. The van der Waals surface area contributed by atoms with Crippen molar-refractivity contribution in [2.75, 3.05) is 37.8 Å². The summed E-state index contributed by atoms with van der Waals surface area (Å²) < 4.78 is 28.1. The zero-order chi connectivity index (χ0) is 20.9. The number of nitrogens with one attached hydrogen (secondary N) is 1. The summed E-state index contributed by atoms with van der Waals surface area (Å²) in [5, 5.41) is 3.30. The highest BCUT2D eigenvalue weighted by atomic mass is 32.2. The number of carbonyl (C=O) groups is 1. The summed E-state index contributed by atoms with van der Waals surface area (Å²) in [5.74, 6) is 1.15. The second-order valence-electron chi connectivity index (χ2n) is 7.09. The Morgan fingerprint density at radius 3 is 2.41 bits per heavy atom. The lowest BCUT2D eigenvalue weighted by Crippen LogP contribution is -2.40. The third kappa shape index (κ3) is 5.66. The molecule has 8 nitrogen and oxygen atoms in total. The molecule has 3 rings (SSSR count). The van der Waals surface area contributed by atoms with E-state index in [2.05, 4.69) is 15.3 Å². The van der Waals surface area contributed by atoms with Crippen molar-refractivity contribution in [3.05, 3.63) is 36.7 Å². The van der Waals surface area contributed by atoms with Crippen molar-refractivity contribution >= 4 is 21.7 Å². The Labute approximate surface area is 171 Å². The first-order valence-electron chi connectivity index (χ1n) is 9.65. The first-order valence-corrected chi connectivity index (χ1v) is 11.5. The average Bonchev–Trinajstić information content (AvgIpc) is 2.73. The molecular formula is C20H26N4O4S. The topological polar surface area (TPSA) is 101 Å². The molecule has 1 aliphatic rings. The van der Waals surface area contributed by atoms with Gasteiger partial charge in [-0.25, -0.2) is 18.2 Å². The number of nitrogens with zero attached hydrogens (tertiary/aromatic N) is 3. The van der Waals surface area contributed by atoms with Gasteiger partial charge in [-0.05, 0) is 37.8 Å². The van der Waals surface area contributed by atoms with Gasteiger partial charge < -0.3 is 15.0 Å². The molecule has 1 amide bonds. The molecule has 1 N–H and O–H groups in total. The van der Waals surface area contributed by atoms with Gasteiger partial charge in [0.05, 0.1) is 29.6 Å². The molecule has 1 saturated heterocycles. The smallest absolute Gasteiger partial charge is 0.409 e. The summed E-state index contributed by atoms with van der Waals surface area (Å²) in [6.07, 6.45) is 6.14. The number of ether oxygens (including phenoxy) is 1. The lowest BCUT2D eigenvalue weighted by atomic mass is 9.97. The highest BCUT2D eigenvalue weighted by molar-refractivity contribution is 7.90. The van der Waals surface area contributed by atoms with E-state index in [1.807, 2.05) is 6.92 Å². The van der Waals surface area contributed by atoms with E-state index in [0.29, 0.717) is 37.1 Å². The van der Waals surface area contributed by atoms with Crippen LogP contribution in [0.25, 0.3) is 11.3 Å². The van der Waals surface area contributed by atoms with E-state index in [1.54, 1.807) is 41.6 Å². The third-order valence-electron chi connectivity index (χ3n) is 4.94. The van der Waals surface area contributed by atoms with Gasteiger partial charge in [0.15, 0.2) is 9.84 Å². The summed E-state index contributed by atoms with van der Waals surface area (Å²) in [6, 6.07) is 6.60. The Bertz CT molecular complexity index is 922. The molecule has 156 valence electrons. The van der Waals surface area contributed by atoms with Gasteiger partial charge in [-0.1, -0.05) is 12.1 Å². The minimum Gasteiger partial charge on any atom is -0.450 e. The van der Waals surface area contributed by atoms with Crippen molar-refractivity contribution in [2.45, 2.75) is 24.7 Å². The second kappa shape index (κ2) is 9.21. The number of sulfone groups is 1. The number of likely N-dealkylation sites (tertiary alicyclic amines) is 1. The standard InChI is InChI=1S/C20H26N4O4S/c1-3-28-20(25)24-10-8-15(9-11-24)12-22-19-14-21-18(13-23-19)16-4-6-17(7-5-16)29(2,26)27/h4-7,13-15H,3,8-12H2,1-2H3,(H,22,23). The van der Waals surface area contributed by atoms with E-state index in [1.165, 1.54) is 6.26 Å². The van der Waals surface area contributed by atoms with E-state index in [0.717, 1.165) is 24.9 Å². The van der Waals surface area contributed by atoms with Crippen LogP contribution in [0.5, 0.6) is 0 Å². The molecule has 29 heavy (non-hydrogen) atoms. The molecule has 9 heteroatoms. The molecule has 1 aromatic heterocycles. The normalized spacial score (nSPS) is 15.2. The molecule has 0 saturated carbocycles. The molecule has 1 aromatic carbocycles. The quantitative estimate of drug-likeness (QED) is 0.770. The van der Waals surface area contributed by atoms with Gasteiger partial charge in [0, 0.05) is 31.5 Å². The summed E-state index contributed by atoms with van der Waals surface area (Å²) in [4.78, 5) is 22.6. The predicted octanol–water partition coefficient (Wildman–Crippen LogP) is 2.83. The van der Waals surface area contributed by atoms with Crippen LogP contribution in [0, 0.1) is 5.92 Å². The fourth-order valence-electron chi connectivity index (χ4n) is 3.22. The van der Waals surface area contributed by atoms with E-state index < -0.39 is 9.84 Å². The molecule has 2 heterocycles. The Balaban J connectivity index is 1.51. The van der Waals surface area contributed by atoms with Crippen LogP contribution in [0.15, 0.2) is 41.6 Å². The van der Waals surface area contributed by atoms with Gasteiger partial charge in [-0.3, -0.25) is 4.98 Å². The van der Waals surface area contributed by atoms with Gasteiger partial charge in [-0.15, -0.1) is 0 Å². The van der Waals surface area contributed by atoms with Crippen LogP contribution in [0.4, 0.5) is 10.6 Å². The van der Waals surface area contributed by atoms with Crippen molar-refractivity contribution in [1.82, 2.24) is 14.9 Å². The Morgan fingerprint density at radius 2 is 1.86 bits per heavy atom. The van der Waals surface area contributed by atoms with Crippen molar-refractivity contribution < 1.29 is 17.9 Å². The van der Waals surface area contributed by atoms with Crippen LogP contribution in [-0.2, 0) is 14.6 Å². The molecule has 0 unspecified atom stereocenters. The molecule has 0 spiro atoms. The lowest BCUT2D eigenvalue weighted by molar-refractivity contribution is 0.0928. The SMILES string of the molecule is CCOC(=O)N1CCC(CNc2cnc(-c3ccc(S(C)(=O)=O)cc3)cn2)CC1. The molecule has 0 atom stereocenters. The maximum Gasteiger partial charge on any atom is 0.409 e. The van der Waals surface area contributed by atoms with Crippen molar-refractivity contribution in [3.63, 3.8) is 0 Å². The molecule has 1 fully saturated rings. The van der Waals surface area contributed by atoms with Crippen LogP contribution >= 0.6 is 0 Å². The first-order chi connectivity index (χ1) is 13.9. The summed E-state index contributed by atoms with van der Waals surface area (Å²) in [7, 11) is -3.21. The molecule has 0 aliphatic carbocycles. The largest absolute Gasteiger partial charge is 0.450 e. The lowest BCUT2D eigenvalue weighted by Gasteiger charge is -2.31. The van der Waals surface area contributed by atoms with Gasteiger partial charge in [-0.2, -0.15) is 0 Å². The number of carbonyl (C=O) groups excluding carboxylic acids is 1. The van der Waals surface area contributed by atoms with Crippen LogP contribution in [0.2, 0.25) is 0 Å². The minimum atomic E-state index is -3.21. The van der Waals surface area contributed by atoms with E-state index in [-0.39, 0.29) is 11.0 Å². The number of benzene rings is 1. The van der Waals surface area contributed by atoms with E-state index >= 15 is 0 Å². The van der Waals surface area contributed by atoms with Gasteiger partial charge in [0.2, 0.25) is 0 Å². The highest BCUT2D eigenvalue weighted by Gasteiger charge is 2.23. The number of aromatic nitrogens is 2. The van der Waals surface area contributed by atoms with Crippen LogP contribution < -0.4 is 5.32 Å². The number of rotatable bonds is 6. The fraction of sp³-hybridized carbons (Fsp3) is 0.450. The van der Waals surface area contributed by atoms with Crippen molar-refractivity contribution in [2.24, 2.45) is 5.92 Å². The molecule has 0 bridgehead atoms. The molecule has 2 aromatic rings. The summed E-state index contributed by atoms with van der Waals surface area (Å²) in [5.41, 5.74) is 1.49. The van der Waals surface area contributed by atoms with Crippen LogP contribution in [0.1, 0.15) is 19.8 Å². The van der Waals surface area contributed by atoms with Gasteiger partial charge in [0.25, 0.3) is 0 Å².